The molecule has 0 atom stereocenters. The molecule has 3 nitrogen and oxygen atoms in total. The number of rotatable bonds is 2. The molecule has 2 N–H and O–H groups in total. The third kappa shape index (κ3) is 4.03. The highest BCUT2D eigenvalue weighted by Gasteiger charge is 2.16. The van der Waals surface area contributed by atoms with Gasteiger partial charge in [0.25, 0.3) is 5.91 Å². The fourth-order valence-corrected chi connectivity index (χ4v) is 2.73. The van der Waals surface area contributed by atoms with E-state index < -0.39 is 0 Å². The second-order valence-corrected chi connectivity index (χ2v) is 5.49. The van der Waals surface area contributed by atoms with Crippen LogP contribution in [-0.4, -0.2) is 17.1 Å². The molecule has 1 aromatic carbocycles. The Kier molecular flexibility index (Phi) is 4.91. The molecular formula is C15H20N2OS. The number of carbonyl (C=O) groups excluding carboxylic acids is 1. The lowest BCUT2D eigenvalue weighted by Gasteiger charge is -2.24. The zero-order chi connectivity index (χ0) is 13.7. The van der Waals surface area contributed by atoms with E-state index in [4.69, 9.17) is 12.2 Å². The Morgan fingerprint density at radius 2 is 1.89 bits per heavy atom. The molecule has 1 fully saturated rings. The van der Waals surface area contributed by atoms with Crippen LogP contribution in [0.15, 0.2) is 24.3 Å². The minimum atomic E-state index is -0.133. The number of hydrogen-bond donors (Lipinski definition) is 2. The van der Waals surface area contributed by atoms with Crippen molar-refractivity contribution in [3.8, 4) is 0 Å². The average molecular weight is 276 g/mol. The van der Waals surface area contributed by atoms with Gasteiger partial charge in [-0.2, -0.15) is 0 Å². The molecule has 19 heavy (non-hydrogen) atoms. The summed E-state index contributed by atoms with van der Waals surface area (Å²) in [5, 5.41) is 6.45. The van der Waals surface area contributed by atoms with Gasteiger partial charge >= 0.3 is 0 Å². The molecular weight excluding hydrogens is 256 g/mol. The van der Waals surface area contributed by atoms with Crippen molar-refractivity contribution in [1.82, 2.24) is 10.6 Å². The highest BCUT2D eigenvalue weighted by atomic mass is 32.1. The van der Waals surface area contributed by atoms with Gasteiger partial charge in [-0.05, 0) is 43.6 Å². The maximum Gasteiger partial charge on any atom is 0.257 e. The lowest BCUT2D eigenvalue weighted by molar-refractivity contribution is 0.0975. The first-order valence-corrected chi connectivity index (χ1v) is 7.25. The van der Waals surface area contributed by atoms with Crippen molar-refractivity contribution >= 4 is 23.2 Å². The Hall–Kier alpha value is -1.42. The quantitative estimate of drug-likeness (QED) is 0.816. The number of hydrogen-bond acceptors (Lipinski definition) is 2. The molecule has 0 saturated heterocycles. The van der Waals surface area contributed by atoms with Gasteiger partial charge in [0.05, 0.1) is 0 Å². The largest absolute Gasteiger partial charge is 0.360 e. The average Bonchev–Trinajstić information content (AvgIpc) is 2.40. The van der Waals surface area contributed by atoms with Crippen LogP contribution >= 0.6 is 12.2 Å². The SMILES string of the molecule is Cc1ccccc1C(=O)NC(=S)NC1CCCCC1. The molecule has 102 valence electrons. The molecule has 4 heteroatoms. The van der Waals surface area contributed by atoms with Crippen LogP contribution in [-0.2, 0) is 0 Å². The van der Waals surface area contributed by atoms with Gasteiger partial charge in [0, 0.05) is 11.6 Å². The number of benzene rings is 1. The maximum absolute atomic E-state index is 12.1. The maximum atomic E-state index is 12.1. The van der Waals surface area contributed by atoms with E-state index in [1.807, 2.05) is 31.2 Å². The molecule has 0 aliphatic heterocycles. The molecule has 1 saturated carbocycles. The van der Waals surface area contributed by atoms with Crippen LogP contribution in [0.25, 0.3) is 0 Å². The van der Waals surface area contributed by atoms with E-state index in [1.54, 1.807) is 0 Å². The Labute approximate surface area is 119 Å². The van der Waals surface area contributed by atoms with Crippen molar-refractivity contribution in [2.75, 3.05) is 0 Å². The van der Waals surface area contributed by atoms with Crippen LogP contribution in [0.4, 0.5) is 0 Å². The number of aryl methyl sites for hydroxylation is 1. The van der Waals surface area contributed by atoms with Gasteiger partial charge in [0.2, 0.25) is 0 Å². The van der Waals surface area contributed by atoms with Gasteiger partial charge in [0.1, 0.15) is 0 Å². The van der Waals surface area contributed by atoms with Crippen LogP contribution in [0.2, 0.25) is 0 Å². The summed E-state index contributed by atoms with van der Waals surface area (Å²) in [5.41, 5.74) is 1.63. The Bertz CT molecular complexity index is 467. The summed E-state index contributed by atoms with van der Waals surface area (Å²) in [5.74, 6) is -0.133. The molecule has 0 bridgehead atoms. The molecule has 0 spiro atoms. The fraction of sp³-hybridized carbons (Fsp3) is 0.467. The van der Waals surface area contributed by atoms with Gasteiger partial charge in [-0.25, -0.2) is 0 Å². The third-order valence-electron chi connectivity index (χ3n) is 3.56. The van der Waals surface area contributed by atoms with Gasteiger partial charge in [-0.1, -0.05) is 37.5 Å². The first-order valence-electron chi connectivity index (χ1n) is 6.84. The number of carbonyl (C=O) groups is 1. The van der Waals surface area contributed by atoms with Crippen LogP contribution in [0.1, 0.15) is 48.0 Å². The summed E-state index contributed by atoms with van der Waals surface area (Å²) >= 11 is 5.21. The molecule has 0 heterocycles. The Morgan fingerprint density at radius 3 is 2.58 bits per heavy atom. The molecule has 0 radical (unpaired) electrons. The van der Waals surface area contributed by atoms with Crippen molar-refractivity contribution in [2.24, 2.45) is 0 Å². The third-order valence-corrected chi connectivity index (χ3v) is 3.78. The van der Waals surface area contributed by atoms with Crippen LogP contribution in [0.5, 0.6) is 0 Å². The van der Waals surface area contributed by atoms with E-state index in [0.717, 1.165) is 18.4 Å². The molecule has 2 rings (SSSR count). The topological polar surface area (TPSA) is 41.1 Å². The van der Waals surface area contributed by atoms with Gasteiger partial charge in [0.15, 0.2) is 5.11 Å². The van der Waals surface area contributed by atoms with Gasteiger partial charge in [-0.3, -0.25) is 10.1 Å². The minimum absolute atomic E-state index is 0.133. The zero-order valence-electron chi connectivity index (χ0n) is 11.2. The summed E-state index contributed by atoms with van der Waals surface area (Å²) in [7, 11) is 0. The molecule has 0 unspecified atom stereocenters. The number of nitrogens with one attached hydrogen (secondary N) is 2. The van der Waals surface area contributed by atoms with Crippen molar-refractivity contribution < 1.29 is 4.79 Å². The molecule has 1 amide bonds. The molecule has 1 aliphatic carbocycles. The fourth-order valence-electron chi connectivity index (χ4n) is 2.47. The van der Waals surface area contributed by atoms with E-state index in [2.05, 4.69) is 10.6 Å². The molecule has 0 aromatic heterocycles. The molecule has 1 aliphatic rings. The molecule has 1 aromatic rings. The van der Waals surface area contributed by atoms with E-state index in [-0.39, 0.29) is 5.91 Å². The minimum Gasteiger partial charge on any atom is -0.360 e. The first-order chi connectivity index (χ1) is 9.16. The number of amides is 1. The highest BCUT2D eigenvalue weighted by Crippen LogP contribution is 2.17. The second kappa shape index (κ2) is 6.66. The summed E-state index contributed by atoms with van der Waals surface area (Å²) < 4.78 is 0. The zero-order valence-corrected chi connectivity index (χ0v) is 12.1. The van der Waals surface area contributed by atoms with Crippen LogP contribution in [0, 0.1) is 6.92 Å². The standard InChI is InChI=1S/C15H20N2OS/c1-11-7-5-6-10-13(11)14(18)17-15(19)16-12-8-3-2-4-9-12/h5-7,10,12H,2-4,8-9H2,1H3,(H2,16,17,18,19). The summed E-state index contributed by atoms with van der Waals surface area (Å²) in [6.45, 7) is 1.92. The summed E-state index contributed by atoms with van der Waals surface area (Å²) in [6.07, 6.45) is 6.07. The lowest BCUT2D eigenvalue weighted by atomic mass is 9.96. The van der Waals surface area contributed by atoms with Crippen molar-refractivity contribution in [3.63, 3.8) is 0 Å². The van der Waals surface area contributed by atoms with E-state index >= 15 is 0 Å². The Balaban J connectivity index is 1.88. The van der Waals surface area contributed by atoms with Crippen molar-refractivity contribution in [3.05, 3.63) is 35.4 Å². The Morgan fingerprint density at radius 1 is 1.21 bits per heavy atom. The smallest absolute Gasteiger partial charge is 0.257 e. The second-order valence-electron chi connectivity index (χ2n) is 5.08. The van der Waals surface area contributed by atoms with Crippen molar-refractivity contribution in [1.29, 1.82) is 0 Å². The first kappa shape index (κ1) is 14.0. The number of thiocarbonyl (C=S) groups is 1. The van der Waals surface area contributed by atoms with E-state index in [0.29, 0.717) is 16.7 Å². The normalized spacial score (nSPS) is 15.8. The van der Waals surface area contributed by atoms with Crippen LogP contribution in [0.3, 0.4) is 0 Å². The predicted octanol–water partition coefficient (Wildman–Crippen LogP) is 2.93. The predicted molar refractivity (Wildman–Crippen MR) is 81.3 cm³/mol. The van der Waals surface area contributed by atoms with Gasteiger partial charge in [-0.15, -0.1) is 0 Å². The lowest BCUT2D eigenvalue weighted by Crippen LogP contribution is -2.45. The van der Waals surface area contributed by atoms with Gasteiger partial charge < -0.3 is 5.32 Å². The summed E-state index contributed by atoms with van der Waals surface area (Å²) in [6, 6.07) is 7.93. The monoisotopic (exact) mass is 276 g/mol. The van der Waals surface area contributed by atoms with Crippen molar-refractivity contribution in [2.45, 2.75) is 45.1 Å². The van der Waals surface area contributed by atoms with E-state index in [9.17, 15) is 4.79 Å². The highest BCUT2D eigenvalue weighted by molar-refractivity contribution is 7.80. The van der Waals surface area contributed by atoms with Crippen LogP contribution < -0.4 is 10.6 Å². The summed E-state index contributed by atoms with van der Waals surface area (Å²) in [4.78, 5) is 12.1. The van der Waals surface area contributed by atoms with E-state index in [1.165, 1.54) is 19.3 Å².